The molecule has 0 saturated heterocycles. The molecule has 1 aromatic carbocycles. The van der Waals surface area contributed by atoms with E-state index in [2.05, 4.69) is 29.1 Å². The number of hydrogen-bond acceptors (Lipinski definition) is 3. The molecule has 0 radical (unpaired) electrons. The Hall–Kier alpha value is -1.61. The number of nitrogens with one attached hydrogen (secondary N) is 1. The van der Waals surface area contributed by atoms with Crippen molar-refractivity contribution in [1.82, 2.24) is 5.32 Å². The lowest BCUT2D eigenvalue weighted by molar-refractivity contribution is -0.136. The van der Waals surface area contributed by atoms with Gasteiger partial charge in [0.1, 0.15) is 0 Å². The standard InChI is InChI=1S/C14H19NO2/c1-11-6-4-5-7-13(11)10-15-9-8-12(2)14(16)17-3/h4-8,15H,9-10H2,1-3H3/b12-8+. The van der Waals surface area contributed by atoms with Gasteiger partial charge in [-0.05, 0) is 25.0 Å². The molecule has 92 valence electrons. The molecule has 1 aromatic rings. The molecule has 0 unspecified atom stereocenters. The zero-order chi connectivity index (χ0) is 12.7. The van der Waals surface area contributed by atoms with Gasteiger partial charge >= 0.3 is 5.97 Å². The van der Waals surface area contributed by atoms with Crippen LogP contribution in [0.5, 0.6) is 0 Å². The zero-order valence-electron chi connectivity index (χ0n) is 10.6. The first-order valence-electron chi connectivity index (χ1n) is 5.65. The highest BCUT2D eigenvalue weighted by Crippen LogP contribution is 2.05. The first kappa shape index (κ1) is 13.5. The average molecular weight is 233 g/mol. The van der Waals surface area contributed by atoms with Gasteiger partial charge in [0.2, 0.25) is 0 Å². The Kier molecular flexibility index (Phi) is 5.43. The summed E-state index contributed by atoms with van der Waals surface area (Å²) < 4.78 is 4.61. The molecule has 1 rings (SSSR count). The maximum atomic E-state index is 11.1. The smallest absolute Gasteiger partial charge is 0.333 e. The van der Waals surface area contributed by atoms with E-state index in [0.717, 1.165) is 6.54 Å². The number of benzene rings is 1. The van der Waals surface area contributed by atoms with E-state index in [1.165, 1.54) is 18.2 Å². The summed E-state index contributed by atoms with van der Waals surface area (Å²) in [7, 11) is 1.39. The summed E-state index contributed by atoms with van der Waals surface area (Å²) in [6.07, 6.45) is 1.84. The molecule has 0 heterocycles. The van der Waals surface area contributed by atoms with Crippen molar-refractivity contribution in [2.45, 2.75) is 20.4 Å². The maximum absolute atomic E-state index is 11.1. The summed E-state index contributed by atoms with van der Waals surface area (Å²) in [4.78, 5) is 11.1. The van der Waals surface area contributed by atoms with Crippen LogP contribution in [-0.2, 0) is 16.1 Å². The topological polar surface area (TPSA) is 38.3 Å². The predicted octanol–water partition coefficient (Wildman–Crippen LogP) is 2.20. The van der Waals surface area contributed by atoms with Crippen LogP contribution in [0.15, 0.2) is 35.9 Å². The fourth-order valence-electron chi connectivity index (χ4n) is 1.48. The van der Waals surface area contributed by atoms with Crippen molar-refractivity contribution < 1.29 is 9.53 Å². The molecule has 0 aliphatic rings. The fraction of sp³-hybridized carbons (Fsp3) is 0.357. The van der Waals surface area contributed by atoms with E-state index in [1.807, 2.05) is 18.2 Å². The van der Waals surface area contributed by atoms with Gasteiger partial charge in [-0.2, -0.15) is 0 Å². The second kappa shape index (κ2) is 6.86. The van der Waals surface area contributed by atoms with Crippen LogP contribution in [0.25, 0.3) is 0 Å². The second-order valence-corrected chi connectivity index (χ2v) is 3.94. The van der Waals surface area contributed by atoms with Gasteiger partial charge in [0.25, 0.3) is 0 Å². The summed E-state index contributed by atoms with van der Waals surface area (Å²) in [5.41, 5.74) is 3.18. The van der Waals surface area contributed by atoms with E-state index in [4.69, 9.17) is 0 Å². The van der Waals surface area contributed by atoms with Gasteiger partial charge in [0, 0.05) is 18.7 Å². The molecular weight excluding hydrogens is 214 g/mol. The van der Waals surface area contributed by atoms with Crippen molar-refractivity contribution in [3.8, 4) is 0 Å². The molecule has 0 atom stereocenters. The highest BCUT2D eigenvalue weighted by molar-refractivity contribution is 5.87. The highest BCUT2D eigenvalue weighted by Gasteiger charge is 2.01. The third kappa shape index (κ3) is 4.41. The lowest BCUT2D eigenvalue weighted by Crippen LogP contribution is -2.15. The van der Waals surface area contributed by atoms with Crippen LogP contribution in [0.2, 0.25) is 0 Å². The lowest BCUT2D eigenvalue weighted by atomic mass is 10.1. The molecule has 3 heteroatoms. The molecule has 0 aromatic heterocycles. The Morgan fingerprint density at radius 3 is 2.76 bits per heavy atom. The third-order valence-electron chi connectivity index (χ3n) is 2.64. The molecule has 0 aliphatic carbocycles. The summed E-state index contributed by atoms with van der Waals surface area (Å²) in [5.74, 6) is -0.275. The number of ether oxygens (including phenoxy) is 1. The molecule has 3 nitrogen and oxygen atoms in total. The van der Waals surface area contributed by atoms with E-state index in [1.54, 1.807) is 6.92 Å². The quantitative estimate of drug-likeness (QED) is 0.481. The van der Waals surface area contributed by atoms with Gasteiger partial charge in [-0.15, -0.1) is 0 Å². The van der Waals surface area contributed by atoms with Crippen molar-refractivity contribution in [2.75, 3.05) is 13.7 Å². The van der Waals surface area contributed by atoms with Gasteiger partial charge in [0.05, 0.1) is 7.11 Å². The number of esters is 1. The van der Waals surface area contributed by atoms with Crippen molar-refractivity contribution in [3.05, 3.63) is 47.0 Å². The number of methoxy groups -OCH3 is 1. The van der Waals surface area contributed by atoms with Gasteiger partial charge in [-0.1, -0.05) is 30.3 Å². The Labute approximate surface area is 102 Å². The lowest BCUT2D eigenvalue weighted by Gasteiger charge is -2.06. The summed E-state index contributed by atoms with van der Waals surface area (Å²) in [6, 6.07) is 8.24. The molecule has 0 fully saturated rings. The van der Waals surface area contributed by atoms with Crippen LogP contribution in [0.3, 0.4) is 0 Å². The van der Waals surface area contributed by atoms with Crippen molar-refractivity contribution >= 4 is 5.97 Å². The Morgan fingerprint density at radius 1 is 1.41 bits per heavy atom. The minimum atomic E-state index is -0.275. The summed E-state index contributed by atoms with van der Waals surface area (Å²) in [6.45, 7) is 5.31. The van der Waals surface area contributed by atoms with E-state index in [0.29, 0.717) is 12.1 Å². The second-order valence-electron chi connectivity index (χ2n) is 3.94. The summed E-state index contributed by atoms with van der Waals surface area (Å²) >= 11 is 0. The van der Waals surface area contributed by atoms with Crippen LogP contribution in [0.1, 0.15) is 18.1 Å². The fourth-order valence-corrected chi connectivity index (χ4v) is 1.48. The van der Waals surface area contributed by atoms with Gasteiger partial charge < -0.3 is 10.1 Å². The van der Waals surface area contributed by atoms with Crippen molar-refractivity contribution in [2.24, 2.45) is 0 Å². The Morgan fingerprint density at radius 2 is 2.12 bits per heavy atom. The van der Waals surface area contributed by atoms with Crippen molar-refractivity contribution in [1.29, 1.82) is 0 Å². The molecule has 0 spiro atoms. The molecule has 0 bridgehead atoms. The van der Waals surface area contributed by atoms with Crippen LogP contribution >= 0.6 is 0 Å². The van der Waals surface area contributed by atoms with E-state index in [9.17, 15) is 4.79 Å². The van der Waals surface area contributed by atoms with Crippen molar-refractivity contribution in [3.63, 3.8) is 0 Å². The number of carbonyl (C=O) groups excluding carboxylic acids is 1. The largest absolute Gasteiger partial charge is 0.466 e. The minimum Gasteiger partial charge on any atom is -0.466 e. The van der Waals surface area contributed by atoms with Crippen LogP contribution in [0.4, 0.5) is 0 Å². The summed E-state index contributed by atoms with van der Waals surface area (Å²) in [5, 5.41) is 3.27. The van der Waals surface area contributed by atoms with Gasteiger partial charge in [0.15, 0.2) is 0 Å². The maximum Gasteiger partial charge on any atom is 0.333 e. The van der Waals surface area contributed by atoms with E-state index >= 15 is 0 Å². The number of aryl methyl sites for hydroxylation is 1. The van der Waals surface area contributed by atoms with E-state index < -0.39 is 0 Å². The predicted molar refractivity (Wildman–Crippen MR) is 68.7 cm³/mol. The first-order valence-corrected chi connectivity index (χ1v) is 5.65. The molecule has 0 aliphatic heterocycles. The molecule has 17 heavy (non-hydrogen) atoms. The Balaban J connectivity index is 2.39. The van der Waals surface area contributed by atoms with Crippen LogP contribution in [0, 0.1) is 6.92 Å². The third-order valence-corrected chi connectivity index (χ3v) is 2.64. The molecular formula is C14H19NO2. The number of carbonyl (C=O) groups is 1. The van der Waals surface area contributed by atoms with Crippen LogP contribution in [-0.4, -0.2) is 19.6 Å². The normalized spacial score (nSPS) is 11.4. The van der Waals surface area contributed by atoms with Gasteiger partial charge in [-0.3, -0.25) is 0 Å². The number of rotatable bonds is 5. The van der Waals surface area contributed by atoms with Crippen LogP contribution < -0.4 is 5.32 Å². The zero-order valence-corrected chi connectivity index (χ0v) is 10.6. The first-order chi connectivity index (χ1) is 8.15. The molecule has 0 amide bonds. The molecule has 0 saturated carbocycles. The van der Waals surface area contributed by atoms with Gasteiger partial charge in [-0.25, -0.2) is 4.79 Å². The van der Waals surface area contributed by atoms with E-state index in [-0.39, 0.29) is 5.97 Å². The number of hydrogen-bond donors (Lipinski definition) is 1. The SMILES string of the molecule is COC(=O)/C(C)=C/CNCc1ccccc1C. The highest BCUT2D eigenvalue weighted by atomic mass is 16.5. The Bertz CT molecular complexity index is 410. The molecule has 1 N–H and O–H groups in total. The monoisotopic (exact) mass is 233 g/mol. The average Bonchev–Trinajstić information content (AvgIpc) is 2.35. The minimum absolute atomic E-state index is 0.275.